The number of amides is 1. The van der Waals surface area contributed by atoms with Gasteiger partial charge in [0.25, 0.3) is 5.78 Å². The van der Waals surface area contributed by atoms with Gasteiger partial charge in [-0.05, 0) is 25.5 Å². The van der Waals surface area contributed by atoms with E-state index >= 15 is 0 Å². The number of hydrogen-bond acceptors (Lipinski definition) is 5. The zero-order valence-corrected chi connectivity index (χ0v) is 15.6. The molecular weight excluding hydrogens is 416 g/mol. The number of hydrogen-bond donors (Lipinski definition) is 1. The summed E-state index contributed by atoms with van der Waals surface area (Å²) in [4.78, 5) is 36.0. The van der Waals surface area contributed by atoms with Crippen LogP contribution in [0.4, 0.5) is 8.78 Å². The maximum atomic E-state index is 13.6. The molecule has 1 N–H and O–H groups in total. The van der Waals surface area contributed by atoms with E-state index in [4.69, 9.17) is 9.47 Å². The zero-order chi connectivity index (χ0) is 19.5. The van der Waals surface area contributed by atoms with Crippen molar-refractivity contribution < 1.29 is 32.6 Å². The summed E-state index contributed by atoms with van der Waals surface area (Å²) in [5, 5.41) is 2.96. The molecule has 0 saturated heterocycles. The second-order valence-electron chi connectivity index (χ2n) is 5.72. The summed E-state index contributed by atoms with van der Waals surface area (Å²) in [5.74, 6) is -4.80. The van der Waals surface area contributed by atoms with E-state index in [0.29, 0.717) is 17.8 Å². The van der Waals surface area contributed by atoms with Gasteiger partial charge in [0, 0.05) is 30.3 Å². The van der Waals surface area contributed by atoms with Crippen LogP contribution in [0.1, 0.15) is 32.3 Å². The van der Waals surface area contributed by atoms with Crippen molar-refractivity contribution in [3.63, 3.8) is 0 Å². The first-order chi connectivity index (χ1) is 12.2. The van der Waals surface area contributed by atoms with E-state index in [0.717, 1.165) is 19.1 Å². The number of esters is 1. The van der Waals surface area contributed by atoms with Crippen molar-refractivity contribution in [1.82, 2.24) is 5.32 Å². The Morgan fingerprint density at radius 2 is 1.88 bits per heavy atom. The topological polar surface area (TPSA) is 81.7 Å². The monoisotopic (exact) mass is 431 g/mol. The van der Waals surface area contributed by atoms with E-state index in [1.807, 2.05) is 0 Å². The number of rotatable bonds is 6. The van der Waals surface area contributed by atoms with E-state index in [-0.39, 0.29) is 17.9 Å². The molecule has 140 valence electrons. The molecule has 0 spiro atoms. The fraction of sp³-hybridized carbons (Fsp3) is 0.353. The molecule has 1 amide bonds. The molecule has 0 fully saturated rings. The van der Waals surface area contributed by atoms with Crippen LogP contribution in [0, 0.1) is 11.6 Å². The van der Waals surface area contributed by atoms with Gasteiger partial charge in [-0.3, -0.25) is 19.7 Å². The van der Waals surface area contributed by atoms with Gasteiger partial charge in [0.2, 0.25) is 17.5 Å². The Balaban J connectivity index is 2.38. The van der Waals surface area contributed by atoms with E-state index in [2.05, 4.69) is 21.2 Å². The average molecular weight is 432 g/mol. The van der Waals surface area contributed by atoms with Crippen LogP contribution in [-0.4, -0.2) is 23.0 Å². The Morgan fingerprint density at radius 1 is 1.27 bits per heavy atom. The number of ketones is 1. The highest BCUT2D eigenvalue weighted by molar-refractivity contribution is 9.09. The number of nitrogens with one attached hydrogen (secondary N) is 1. The summed E-state index contributed by atoms with van der Waals surface area (Å²) in [6, 6.07) is 2.51. The molecular formula is C17H16BrF2NO5. The first-order valence-electron chi connectivity index (χ1n) is 7.66. The van der Waals surface area contributed by atoms with Gasteiger partial charge >= 0.3 is 5.97 Å². The molecule has 9 heteroatoms. The van der Waals surface area contributed by atoms with Crippen LogP contribution in [0.5, 0.6) is 0 Å². The molecule has 0 bridgehead atoms. The van der Waals surface area contributed by atoms with Gasteiger partial charge in [-0.2, -0.15) is 0 Å². The largest absolute Gasteiger partial charge is 0.456 e. The third kappa shape index (κ3) is 4.27. The third-order valence-corrected chi connectivity index (χ3v) is 4.16. The summed E-state index contributed by atoms with van der Waals surface area (Å²) in [6.45, 7) is 2.34. The minimum atomic E-state index is -1.86. The zero-order valence-electron chi connectivity index (χ0n) is 14.0. The fourth-order valence-electron chi connectivity index (χ4n) is 2.37. The van der Waals surface area contributed by atoms with Gasteiger partial charge < -0.3 is 9.47 Å². The molecule has 6 nitrogen and oxygen atoms in total. The SMILES string of the molecule is CC(=O)OC1=C(NC(=O)CCCBr)OC(C)(c2cc(F)cc(F)c2)C1=O. The van der Waals surface area contributed by atoms with Crippen molar-refractivity contribution in [2.24, 2.45) is 0 Å². The highest BCUT2D eigenvalue weighted by Gasteiger charge is 2.50. The van der Waals surface area contributed by atoms with Crippen molar-refractivity contribution >= 4 is 33.6 Å². The molecule has 1 heterocycles. The first-order valence-corrected chi connectivity index (χ1v) is 8.78. The lowest BCUT2D eigenvalue weighted by molar-refractivity contribution is -0.142. The van der Waals surface area contributed by atoms with E-state index < -0.39 is 40.7 Å². The maximum absolute atomic E-state index is 13.6. The molecule has 1 aliphatic rings. The lowest BCUT2D eigenvalue weighted by Gasteiger charge is -2.23. The molecule has 26 heavy (non-hydrogen) atoms. The normalized spacial score (nSPS) is 19.3. The molecule has 0 radical (unpaired) electrons. The third-order valence-electron chi connectivity index (χ3n) is 3.60. The van der Waals surface area contributed by atoms with Crippen molar-refractivity contribution in [3.8, 4) is 0 Å². The van der Waals surface area contributed by atoms with Crippen LogP contribution >= 0.6 is 15.9 Å². The lowest BCUT2D eigenvalue weighted by Crippen LogP contribution is -2.33. The Hall–Kier alpha value is -2.29. The van der Waals surface area contributed by atoms with Crippen LogP contribution in [0.3, 0.4) is 0 Å². The van der Waals surface area contributed by atoms with Gasteiger partial charge in [-0.25, -0.2) is 8.78 Å². The number of ether oxygens (including phenoxy) is 2. The van der Waals surface area contributed by atoms with Gasteiger partial charge in [0.1, 0.15) is 11.6 Å². The molecule has 1 aliphatic heterocycles. The first kappa shape index (κ1) is 20.0. The number of benzene rings is 1. The smallest absolute Gasteiger partial charge is 0.308 e. The molecule has 1 aromatic rings. The summed E-state index contributed by atoms with van der Waals surface area (Å²) < 4.78 is 37.5. The van der Waals surface area contributed by atoms with Gasteiger partial charge in [0.05, 0.1) is 0 Å². The van der Waals surface area contributed by atoms with Crippen LogP contribution in [0.15, 0.2) is 29.8 Å². The van der Waals surface area contributed by atoms with Crippen molar-refractivity contribution in [2.45, 2.75) is 32.3 Å². The summed E-state index contributed by atoms with van der Waals surface area (Å²) in [5.41, 5.74) is -1.97. The summed E-state index contributed by atoms with van der Waals surface area (Å²) >= 11 is 3.19. The lowest BCUT2D eigenvalue weighted by atomic mass is 9.91. The molecule has 2 rings (SSSR count). The van der Waals surface area contributed by atoms with Crippen LogP contribution in [0.25, 0.3) is 0 Å². The summed E-state index contributed by atoms with van der Waals surface area (Å²) in [7, 11) is 0. The van der Waals surface area contributed by atoms with E-state index in [1.54, 1.807) is 0 Å². The van der Waals surface area contributed by atoms with Gasteiger partial charge in [0.15, 0.2) is 5.60 Å². The predicted octanol–water partition coefficient (Wildman–Crippen LogP) is 2.80. The van der Waals surface area contributed by atoms with Crippen molar-refractivity contribution in [1.29, 1.82) is 0 Å². The highest BCUT2D eigenvalue weighted by Crippen LogP contribution is 2.39. The number of alkyl halides is 1. The molecule has 1 unspecified atom stereocenters. The molecule has 0 aliphatic carbocycles. The average Bonchev–Trinajstić information content (AvgIpc) is 2.77. The Morgan fingerprint density at radius 3 is 2.42 bits per heavy atom. The second kappa shape index (κ2) is 7.94. The molecule has 0 saturated carbocycles. The Labute approximate surface area is 156 Å². The highest BCUT2D eigenvalue weighted by atomic mass is 79.9. The molecule has 0 aromatic heterocycles. The maximum Gasteiger partial charge on any atom is 0.308 e. The fourth-order valence-corrected chi connectivity index (χ4v) is 2.65. The van der Waals surface area contributed by atoms with Crippen LogP contribution in [-0.2, 0) is 29.5 Å². The number of carbonyl (C=O) groups is 3. The minimum absolute atomic E-state index is 0.116. The van der Waals surface area contributed by atoms with Gasteiger partial charge in [-0.1, -0.05) is 15.9 Å². The Bertz CT molecular complexity index is 775. The van der Waals surface area contributed by atoms with E-state index in [1.165, 1.54) is 6.92 Å². The van der Waals surface area contributed by atoms with Crippen LogP contribution in [0.2, 0.25) is 0 Å². The van der Waals surface area contributed by atoms with Crippen molar-refractivity contribution in [3.05, 3.63) is 47.0 Å². The number of Topliss-reactive ketones (excluding diaryl/α,β-unsaturated/α-hetero) is 1. The number of carbonyl (C=O) groups excluding carboxylic acids is 3. The quantitative estimate of drug-likeness (QED) is 0.553. The van der Waals surface area contributed by atoms with E-state index in [9.17, 15) is 23.2 Å². The number of halogens is 3. The molecule has 1 aromatic carbocycles. The molecule has 1 atom stereocenters. The van der Waals surface area contributed by atoms with Crippen LogP contribution < -0.4 is 5.32 Å². The Kier molecular flexibility index (Phi) is 6.12. The van der Waals surface area contributed by atoms with Gasteiger partial charge in [-0.15, -0.1) is 0 Å². The minimum Gasteiger partial charge on any atom is -0.456 e. The standard InChI is InChI=1S/C17H16BrF2NO5/c1-9(22)25-14-15(24)17(2,10-6-11(19)8-12(20)7-10)26-16(14)21-13(23)4-3-5-18/h6-8H,3-5H2,1-2H3,(H,21,23). The predicted molar refractivity (Wildman–Crippen MR) is 89.8 cm³/mol. The van der Waals surface area contributed by atoms with Crippen molar-refractivity contribution in [2.75, 3.05) is 5.33 Å². The second-order valence-corrected chi connectivity index (χ2v) is 6.51. The summed E-state index contributed by atoms with van der Waals surface area (Å²) in [6.07, 6.45) is 0.660.